The van der Waals surface area contributed by atoms with Crippen molar-refractivity contribution in [3.05, 3.63) is 12.7 Å². The van der Waals surface area contributed by atoms with Crippen LogP contribution in [0.2, 0.25) is 19.1 Å². The third-order valence-electron chi connectivity index (χ3n) is 1.54. The fourth-order valence-corrected chi connectivity index (χ4v) is 3.41. The van der Waals surface area contributed by atoms with Crippen molar-refractivity contribution in [1.29, 1.82) is 0 Å². The molecule has 13 heavy (non-hydrogen) atoms. The van der Waals surface area contributed by atoms with E-state index in [1.165, 1.54) is 0 Å². The van der Waals surface area contributed by atoms with Gasteiger partial charge in [-0.15, -0.1) is 0 Å². The summed E-state index contributed by atoms with van der Waals surface area (Å²) in [5.41, 5.74) is 0. The van der Waals surface area contributed by atoms with Crippen LogP contribution in [0.3, 0.4) is 0 Å². The van der Waals surface area contributed by atoms with Gasteiger partial charge < -0.3 is 4.74 Å². The van der Waals surface area contributed by atoms with Gasteiger partial charge in [-0.1, -0.05) is 32.7 Å². The van der Waals surface area contributed by atoms with Crippen LogP contribution in [0.15, 0.2) is 12.7 Å². The Kier molecular flexibility index (Phi) is 5.33. The van der Waals surface area contributed by atoms with E-state index in [1.54, 1.807) is 6.08 Å². The first kappa shape index (κ1) is 12.7. The molecule has 0 rings (SSSR count). The van der Waals surface area contributed by atoms with Crippen molar-refractivity contribution < 1.29 is 9.53 Å². The molecule has 0 aliphatic heterocycles. The molecule has 0 bridgehead atoms. The summed E-state index contributed by atoms with van der Waals surface area (Å²) in [6, 6.07) is 0.754. The SMILES string of the molecule is C=CCOC(=O)C(C)C[Si](C)(C)Cl. The average Bonchev–Trinajstić information content (AvgIpc) is 1.96. The normalized spacial score (nSPS) is 13.5. The van der Waals surface area contributed by atoms with Crippen molar-refractivity contribution in [2.45, 2.75) is 26.1 Å². The minimum absolute atomic E-state index is 0.0980. The van der Waals surface area contributed by atoms with Crippen LogP contribution < -0.4 is 0 Å². The lowest BCUT2D eigenvalue weighted by Crippen LogP contribution is -2.25. The quantitative estimate of drug-likeness (QED) is 0.308. The molecule has 0 amide bonds. The van der Waals surface area contributed by atoms with Crippen LogP contribution in [0, 0.1) is 5.92 Å². The van der Waals surface area contributed by atoms with E-state index in [0.29, 0.717) is 0 Å². The molecule has 1 atom stereocenters. The van der Waals surface area contributed by atoms with Crippen molar-refractivity contribution >= 4 is 24.4 Å². The van der Waals surface area contributed by atoms with E-state index < -0.39 is 7.38 Å². The Labute approximate surface area is 85.6 Å². The second kappa shape index (κ2) is 5.45. The fourth-order valence-electron chi connectivity index (χ4n) is 1.09. The Morgan fingerprint density at radius 1 is 1.69 bits per heavy atom. The van der Waals surface area contributed by atoms with Gasteiger partial charge in [-0.2, -0.15) is 11.1 Å². The zero-order valence-electron chi connectivity index (χ0n) is 8.47. The molecule has 1 unspecified atom stereocenters. The largest absolute Gasteiger partial charge is 0.461 e. The Morgan fingerprint density at radius 3 is 2.62 bits per heavy atom. The monoisotopic (exact) mass is 220 g/mol. The molecule has 4 heteroatoms. The van der Waals surface area contributed by atoms with E-state index in [4.69, 9.17) is 15.8 Å². The van der Waals surface area contributed by atoms with E-state index >= 15 is 0 Å². The topological polar surface area (TPSA) is 26.3 Å². The van der Waals surface area contributed by atoms with Crippen LogP contribution in [-0.4, -0.2) is 20.0 Å². The second-order valence-corrected chi connectivity index (χ2v) is 10.7. The molecule has 0 fully saturated rings. The molecule has 0 aromatic rings. The molecule has 0 aromatic carbocycles. The highest BCUT2D eigenvalue weighted by Crippen LogP contribution is 2.21. The summed E-state index contributed by atoms with van der Waals surface area (Å²) in [6.07, 6.45) is 1.56. The first-order valence-corrected chi connectivity index (χ1v) is 8.55. The highest BCUT2D eigenvalue weighted by Gasteiger charge is 2.25. The zero-order valence-corrected chi connectivity index (χ0v) is 10.2. The van der Waals surface area contributed by atoms with Gasteiger partial charge in [-0.25, -0.2) is 0 Å². The number of ether oxygens (including phenoxy) is 1. The van der Waals surface area contributed by atoms with Gasteiger partial charge in [0.25, 0.3) is 0 Å². The number of carbonyl (C=O) groups is 1. The third kappa shape index (κ3) is 6.84. The van der Waals surface area contributed by atoms with Gasteiger partial charge in [0.05, 0.1) is 5.92 Å². The van der Waals surface area contributed by atoms with Gasteiger partial charge in [0, 0.05) is 0 Å². The number of rotatable bonds is 5. The maximum atomic E-state index is 11.3. The van der Waals surface area contributed by atoms with Gasteiger partial charge in [-0.3, -0.25) is 4.79 Å². The minimum atomic E-state index is -1.68. The van der Waals surface area contributed by atoms with Crippen LogP contribution in [0.5, 0.6) is 0 Å². The van der Waals surface area contributed by atoms with E-state index in [9.17, 15) is 4.79 Å². The summed E-state index contributed by atoms with van der Waals surface area (Å²) in [5, 5.41) is 0. The molecule has 0 heterocycles. The molecule has 0 aliphatic carbocycles. The standard InChI is InChI=1S/C9H17ClO2Si/c1-5-6-12-9(11)8(2)7-13(3,4)10/h5,8H,1,6-7H2,2-4H3. The van der Waals surface area contributed by atoms with Crippen molar-refractivity contribution in [2.24, 2.45) is 5.92 Å². The molecular weight excluding hydrogens is 204 g/mol. The predicted molar refractivity (Wildman–Crippen MR) is 58.5 cm³/mol. The Hall–Kier alpha value is -0.283. The first-order chi connectivity index (χ1) is 5.87. The Morgan fingerprint density at radius 2 is 2.23 bits per heavy atom. The van der Waals surface area contributed by atoms with E-state index in [2.05, 4.69) is 6.58 Å². The molecule has 0 saturated carbocycles. The lowest BCUT2D eigenvalue weighted by atomic mass is 10.2. The lowest BCUT2D eigenvalue weighted by Gasteiger charge is -2.17. The Bertz CT molecular complexity index is 187. The molecule has 2 nitrogen and oxygen atoms in total. The van der Waals surface area contributed by atoms with E-state index in [-0.39, 0.29) is 18.5 Å². The summed E-state index contributed by atoms with van der Waals surface area (Å²) >= 11 is 6.12. The van der Waals surface area contributed by atoms with Crippen molar-refractivity contribution in [2.75, 3.05) is 6.61 Å². The minimum Gasteiger partial charge on any atom is -0.461 e. The highest BCUT2D eigenvalue weighted by atomic mass is 35.6. The second-order valence-electron chi connectivity index (χ2n) is 3.74. The molecule has 0 aromatic heterocycles. The van der Waals surface area contributed by atoms with Gasteiger partial charge in [0.1, 0.15) is 6.61 Å². The fraction of sp³-hybridized carbons (Fsp3) is 0.667. The smallest absolute Gasteiger partial charge is 0.308 e. The molecule has 0 radical (unpaired) electrons. The first-order valence-electron chi connectivity index (χ1n) is 4.33. The van der Waals surface area contributed by atoms with E-state index in [0.717, 1.165) is 6.04 Å². The van der Waals surface area contributed by atoms with Crippen molar-refractivity contribution in [3.63, 3.8) is 0 Å². The van der Waals surface area contributed by atoms with Crippen LogP contribution in [0.25, 0.3) is 0 Å². The summed E-state index contributed by atoms with van der Waals surface area (Å²) in [4.78, 5) is 11.3. The number of esters is 1. The van der Waals surface area contributed by atoms with Crippen LogP contribution in [-0.2, 0) is 9.53 Å². The molecule has 0 spiro atoms. The van der Waals surface area contributed by atoms with Crippen LogP contribution in [0.4, 0.5) is 0 Å². The molecular formula is C9H17ClO2Si. The molecule has 76 valence electrons. The summed E-state index contributed by atoms with van der Waals surface area (Å²) in [5.74, 6) is -0.278. The Balaban J connectivity index is 3.89. The van der Waals surface area contributed by atoms with Gasteiger partial charge >= 0.3 is 5.97 Å². The highest BCUT2D eigenvalue weighted by molar-refractivity contribution is 7.19. The summed E-state index contributed by atoms with van der Waals surface area (Å²) in [6.45, 7) is 9.65. The number of hydrogen-bond donors (Lipinski definition) is 0. The van der Waals surface area contributed by atoms with Crippen molar-refractivity contribution in [1.82, 2.24) is 0 Å². The number of halogens is 1. The predicted octanol–water partition coefficient (Wildman–Crippen LogP) is 2.80. The van der Waals surface area contributed by atoms with Gasteiger partial charge in [-0.05, 0) is 6.04 Å². The average molecular weight is 221 g/mol. The lowest BCUT2D eigenvalue weighted by molar-refractivity contribution is -0.146. The molecule has 0 aliphatic rings. The maximum Gasteiger partial charge on any atom is 0.308 e. The number of carbonyl (C=O) groups excluding carboxylic acids is 1. The summed E-state index contributed by atoms with van der Waals surface area (Å²) in [7, 11) is -1.68. The van der Waals surface area contributed by atoms with Crippen molar-refractivity contribution in [3.8, 4) is 0 Å². The zero-order chi connectivity index (χ0) is 10.5. The maximum absolute atomic E-state index is 11.3. The molecule has 0 saturated heterocycles. The van der Waals surface area contributed by atoms with Crippen LogP contribution in [0.1, 0.15) is 6.92 Å². The van der Waals surface area contributed by atoms with Crippen LogP contribution >= 0.6 is 11.1 Å². The summed E-state index contributed by atoms with van der Waals surface area (Å²) < 4.78 is 4.91. The van der Waals surface area contributed by atoms with Gasteiger partial charge in [0.2, 0.25) is 0 Å². The third-order valence-corrected chi connectivity index (χ3v) is 3.58. The van der Waals surface area contributed by atoms with E-state index in [1.807, 2.05) is 20.0 Å². The number of hydrogen-bond acceptors (Lipinski definition) is 2. The molecule has 0 N–H and O–H groups in total. The van der Waals surface area contributed by atoms with Gasteiger partial charge in [0.15, 0.2) is 7.38 Å².